The van der Waals surface area contributed by atoms with Crippen LogP contribution in [-0.4, -0.2) is 47.2 Å². The molecule has 88 heavy (non-hydrogen) atoms. The molecule has 2 unspecified atom stereocenters. The van der Waals surface area contributed by atoms with E-state index in [4.69, 9.17) is 19.4 Å². The Kier molecular flexibility index (Phi) is 21.9. The first-order chi connectivity index (χ1) is 43.1. The molecule has 0 saturated carbocycles. The second kappa shape index (κ2) is 30.9. The first-order valence-corrected chi connectivity index (χ1v) is 32.5. The summed E-state index contributed by atoms with van der Waals surface area (Å²) in [6.07, 6.45) is 11.6. The van der Waals surface area contributed by atoms with Gasteiger partial charge in [0.2, 0.25) is 0 Å². The summed E-state index contributed by atoms with van der Waals surface area (Å²) in [6, 6.07) is 80.8. The predicted molar refractivity (Wildman–Crippen MR) is 370 cm³/mol. The lowest BCUT2D eigenvalue weighted by Gasteiger charge is -2.27. The van der Waals surface area contributed by atoms with Crippen LogP contribution in [-0.2, 0) is 31.9 Å². The lowest BCUT2D eigenvalue weighted by atomic mass is 9.80. The number of unbranched alkanes of at least 4 members (excludes halogenated alkanes) is 2. The molecule has 1 heterocycles. The van der Waals surface area contributed by atoms with Gasteiger partial charge in [-0.3, -0.25) is 9.59 Å². The van der Waals surface area contributed by atoms with Gasteiger partial charge >= 0.3 is 5.97 Å². The van der Waals surface area contributed by atoms with Crippen molar-refractivity contribution >= 4 is 66.2 Å². The van der Waals surface area contributed by atoms with E-state index in [9.17, 15) is 9.59 Å². The number of fused-ring (bicyclic) bond motifs is 1. The molecule has 0 saturated heterocycles. The topological polar surface area (TPSA) is 84.9 Å². The molecule has 0 N–H and O–H groups in total. The molecule has 8 nitrogen and oxygen atoms in total. The number of rotatable bonds is 30. The third kappa shape index (κ3) is 16.0. The molecule has 1 aromatic heterocycles. The van der Waals surface area contributed by atoms with Crippen molar-refractivity contribution < 1.29 is 19.1 Å². The van der Waals surface area contributed by atoms with E-state index in [1.165, 1.54) is 5.56 Å². The Balaban J connectivity index is 0.924. The summed E-state index contributed by atoms with van der Waals surface area (Å²) in [5.74, 6) is 0.130. The standard InChI is InChI=1S/C79H83N4O4P/c1-5-8-17-54-79(4,57-88)75(84)52-30-58-26-40-66(41-27-58)82(68-44-32-62(33-45-68)60-20-11-9-12-21-60)70-48-36-64(37-49-70)77-78(81-74-25-16-15-24-73(74)80-77)65-38-50-71(51-39-65)83(69-46-34-63(35-47-69)61-22-13-10-14-23-61)67-42-28-59(29-43-67)31-53-76(85)87-56-55-86-72(18-6-2)19-7-3/h9-16,20-29,32-51,72H,5-8,17-19,30-31,52-57,88H2,1-4H3. The summed E-state index contributed by atoms with van der Waals surface area (Å²) in [6.45, 7) is 9.38. The van der Waals surface area contributed by atoms with Gasteiger partial charge in [0.1, 0.15) is 12.4 Å². The molecular formula is C79H83N4O4P. The van der Waals surface area contributed by atoms with Gasteiger partial charge in [-0.1, -0.05) is 205 Å². The van der Waals surface area contributed by atoms with E-state index in [2.05, 4.69) is 241 Å². The zero-order valence-electron chi connectivity index (χ0n) is 51.6. The zero-order valence-corrected chi connectivity index (χ0v) is 52.8. The minimum Gasteiger partial charge on any atom is -0.463 e. The summed E-state index contributed by atoms with van der Waals surface area (Å²) in [5, 5.41) is 0. The lowest BCUT2D eigenvalue weighted by molar-refractivity contribution is -0.145. The number of nitrogens with zero attached hydrogens (tertiary/aromatic N) is 4. The number of benzene rings is 9. The Morgan fingerprint density at radius 3 is 1.22 bits per heavy atom. The minimum absolute atomic E-state index is 0.217. The van der Waals surface area contributed by atoms with Gasteiger partial charge in [-0.15, -0.1) is 9.24 Å². The summed E-state index contributed by atoms with van der Waals surface area (Å²) in [7, 11) is 2.83. The molecule has 0 spiro atoms. The SMILES string of the molecule is CCCCCC(C)(CP)C(=O)CCc1ccc(N(c2ccc(-c3ccccc3)cc2)c2ccc(-c3nc4ccccc4nc3-c3ccc(N(c4ccc(CCC(=O)OCCOC(CCC)CCC)cc4)c4ccc(-c5ccccc5)cc4)cc3)cc2)cc1. The fourth-order valence-corrected chi connectivity index (χ4v) is 12.1. The molecule has 0 aliphatic rings. The largest absolute Gasteiger partial charge is 0.463 e. The summed E-state index contributed by atoms with van der Waals surface area (Å²) in [5.41, 5.74) is 17.6. The lowest BCUT2D eigenvalue weighted by Crippen LogP contribution is -2.30. The van der Waals surface area contributed by atoms with Gasteiger partial charge in [-0.25, -0.2) is 9.97 Å². The van der Waals surface area contributed by atoms with Crippen molar-refractivity contribution in [1.29, 1.82) is 0 Å². The molecule has 448 valence electrons. The highest BCUT2D eigenvalue weighted by Gasteiger charge is 2.30. The number of esters is 1. The van der Waals surface area contributed by atoms with Crippen molar-refractivity contribution in [3.63, 3.8) is 0 Å². The number of aryl methyl sites for hydroxylation is 2. The van der Waals surface area contributed by atoms with Gasteiger partial charge in [0.05, 0.1) is 35.1 Å². The molecule has 9 heteroatoms. The number of ether oxygens (including phenoxy) is 2. The van der Waals surface area contributed by atoms with Crippen LogP contribution in [0.5, 0.6) is 0 Å². The fraction of sp³-hybridized carbons (Fsp3) is 0.266. The smallest absolute Gasteiger partial charge is 0.306 e. The van der Waals surface area contributed by atoms with E-state index in [-0.39, 0.29) is 24.1 Å². The first kappa shape index (κ1) is 62.5. The molecule has 0 aliphatic heterocycles. The van der Waals surface area contributed by atoms with Gasteiger partial charge in [0.25, 0.3) is 0 Å². The Labute approximate surface area is 524 Å². The molecule has 10 aromatic rings. The van der Waals surface area contributed by atoms with E-state index in [0.29, 0.717) is 38.1 Å². The van der Waals surface area contributed by atoms with Crippen molar-refractivity contribution in [1.82, 2.24) is 9.97 Å². The van der Waals surface area contributed by atoms with Crippen LogP contribution in [0.25, 0.3) is 55.8 Å². The van der Waals surface area contributed by atoms with E-state index < -0.39 is 0 Å². The Morgan fingerprint density at radius 2 is 0.818 bits per heavy atom. The van der Waals surface area contributed by atoms with Crippen LogP contribution in [0.1, 0.15) is 103 Å². The highest BCUT2D eigenvalue weighted by atomic mass is 31.0. The fourth-order valence-electron chi connectivity index (χ4n) is 11.6. The van der Waals surface area contributed by atoms with Crippen LogP contribution < -0.4 is 9.80 Å². The molecule has 10 rings (SSSR count). The zero-order chi connectivity index (χ0) is 61.1. The molecule has 2 atom stereocenters. The summed E-state index contributed by atoms with van der Waals surface area (Å²) < 4.78 is 11.6. The van der Waals surface area contributed by atoms with Gasteiger partial charge in [0, 0.05) is 63.5 Å². The number of hydrogen-bond donors (Lipinski definition) is 0. The molecule has 0 bridgehead atoms. The maximum absolute atomic E-state index is 13.7. The third-order valence-electron chi connectivity index (χ3n) is 16.9. The van der Waals surface area contributed by atoms with E-state index >= 15 is 0 Å². The van der Waals surface area contributed by atoms with Crippen molar-refractivity contribution in [2.24, 2.45) is 5.41 Å². The highest BCUT2D eigenvalue weighted by molar-refractivity contribution is 7.16. The van der Waals surface area contributed by atoms with E-state index in [1.54, 1.807) is 0 Å². The predicted octanol–water partition coefficient (Wildman–Crippen LogP) is 20.7. The van der Waals surface area contributed by atoms with Crippen LogP contribution in [0.2, 0.25) is 0 Å². The van der Waals surface area contributed by atoms with Crippen molar-refractivity contribution in [2.45, 2.75) is 111 Å². The number of hydrogen-bond acceptors (Lipinski definition) is 8. The number of aromatic nitrogens is 2. The van der Waals surface area contributed by atoms with Gasteiger partial charge < -0.3 is 19.3 Å². The number of anilines is 6. The second-order valence-electron chi connectivity index (χ2n) is 23.3. The quantitative estimate of drug-likeness (QED) is 0.0250. The monoisotopic (exact) mass is 1180 g/mol. The van der Waals surface area contributed by atoms with Crippen LogP contribution in [0.3, 0.4) is 0 Å². The van der Waals surface area contributed by atoms with E-state index in [0.717, 1.165) is 153 Å². The van der Waals surface area contributed by atoms with Gasteiger partial charge in [-0.2, -0.15) is 0 Å². The van der Waals surface area contributed by atoms with Crippen LogP contribution in [0, 0.1) is 5.41 Å². The van der Waals surface area contributed by atoms with E-state index in [1.807, 2.05) is 36.4 Å². The minimum atomic E-state index is -0.308. The Morgan fingerprint density at radius 1 is 0.443 bits per heavy atom. The molecule has 0 radical (unpaired) electrons. The van der Waals surface area contributed by atoms with Crippen LogP contribution >= 0.6 is 9.24 Å². The molecule has 0 fully saturated rings. The van der Waals surface area contributed by atoms with Crippen molar-refractivity contribution in [3.05, 3.63) is 242 Å². The number of carbonyl (C=O) groups excluding carboxylic acids is 2. The average Bonchev–Trinajstić information content (AvgIpc) is 1.46. The molecule has 0 aliphatic carbocycles. The highest BCUT2D eigenvalue weighted by Crippen LogP contribution is 2.41. The van der Waals surface area contributed by atoms with Crippen molar-refractivity contribution in [3.8, 4) is 44.8 Å². The van der Waals surface area contributed by atoms with Crippen LogP contribution in [0.4, 0.5) is 34.1 Å². The van der Waals surface area contributed by atoms with Crippen LogP contribution in [0.15, 0.2) is 231 Å². The summed E-state index contributed by atoms with van der Waals surface area (Å²) in [4.78, 5) is 41.7. The van der Waals surface area contributed by atoms with Gasteiger partial charge in [0.15, 0.2) is 0 Å². The number of para-hydroxylation sites is 2. The number of ketones is 1. The number of Topliss-reactive ketones (excluding diaryl/α,β-unsaturated/α-hetero) is 1. The Bertz CT molecular complexity index is 3800. The third-order valence-corrected chi connectivity index (χ3v) is 17.8. The first-order valence-electron chi connectivity index (χ1n) is 31.7. The average molecular weight is 1180 g/mol. The molecule has 9 aromatic carbocycles. The maximum Gasteiger partial charge on any atom is 0.306 e. The van der Waals surface area contributed by atoms with Gasteiger partial charge in [-0.05, 0) is 157 Å². The second-order valence-corrected chi connectivity index (χ2v) is 23.7. The number of carbonyl (C=O) groups is 2. The molecular weight excluding hydrogens is 1100 g/mol. The van der Waals surface area contributed by atoms with Crippen molar-refractivity contribution in [2.75, 3.05) is 29.2 Å². The normalized spacial score (nSPS) is 12.0. The Hall–Kier alpha value is -8.55. The maximum atomic E-state index is 13.7. The molecule has 0 amide bonds. The summed E-state index contributed by atoms with van der Waals surface area (Å²) >= 11 is 0.